The predicted molar refractivity (Wildman–Crippen MR) is 134 cm³/mol. The van der Waals surface area contributed by atoms with Gasteiger partial charge < -0.3 is 15.1 Å². The van der Waals surface area contributed by atoms with Crippen LogP contribution in [0.3, 0.4) is 0 Å². The average Bonchev–Trinajstić information content (AvgIpc) is 3.53. The van der Waals surface area contributed by atoms with E-state index in [1.807, 2.05) is 55.7 Å². The SMILES string of the molecule is Cc1ccccc1NC(=O)[C@H]1CCCN(C(=O)c2nn(C)c3c2CN(C(=O)c2cccs2)CC3)C1. The van der Waals surface area contributed by atoms with Crippen molar-refractivity contribution in [1.29, 1.82) is 0 Å². The minimum Gasteiger partial charge on any atom is -0.336 e. The third kappa shape index (κ3) is 4.60. The number of aromatic nitrogens is 2. The zero-order valence-corrected chi connectivity index (χ0v) is 20.8. The molecule has 4 heterocycles. The number of para-hydroxylation sites is 1. The van der Waals surface area contributed by atoms with Crippen molar-refractivity contribution >= 4 is 34.7 Å². The largest absolute Gasteiger partial charge is 0.336 e. The first-order valence-corrected chi connectivity index (χ1v) is 12.8. The summed E-state index contributed by atoms with van der Waals surface area (Å²) < 4.78 is 1.77. The van der Waals surface area contributed by atoms with E-state index in [1.165, 1.54) is 11.3 Å². The van der Waals surface area contributed by atoms with Gasteiger partial charge in [-0.05, 0) is 42.8 Å². The number of piperidine rings is 1. The summed E-state index contributed by atoms with van der Waals surface area (Å²) in [5.41, 5.74) is 4.02. The van der Waals surface area contributed by atoms with Crippen LogP contribution in [0.15, 0.2) is 41.8 Å². The molecule has 1 N–H and O–H groups in total. The summed E-state index contributed by atoms with van der Waals surface area (Å²) >= 11 is 1.42. The molecule has 8 nitrogen and oxygen atoms in total. The van der Waals surface area contributed by atoms with Gasteiger partial charge >= 0.3 is 0 Å². The Hall–Kier alpha value is -3.46. The quantitative estimate of drug-likeness (QED) is 0.605. The predicted octanol–water partition coefficient (Wildman–Crippen LogP) is 3.48. The second-order valence-corrected chi connectivity index (χ2v) is 10.2. The Morgan fingerprint density at radius 2 is 1.89 bits per heavy atom. The molecule has 0 radical (unpaired) electrons. The number of hydrogen-bond donors (Lipinski definition) is 1. The van der Waals surface area contributed by atoms with E-state index < -0.39 is 0 Å². The van der Waals surface area contributed by atoms with E-state index in [1.54, 1.807) is 14.5 Å². The van der Waals surface area contributed by atoms with Crippen LogP contribution in [0.4, 0.5) is 5.69 Å². The molecule has 2 aliphatic rings. The molecule has 182 valence electrons. The molecule has 5 rings (SSSR count). The standard InChI is InChI=1S/C26H29N5O3S/c1-17-7-3-4-9-20(17)27-24(32)18-8-5-12-30(15-18)26(34)23-19-16-31(13-11-21(19)29(2)28-23)25(33)22-10-6-14-35-22/h3-4,6-7,9-10,14,18H,5,8,11-13,15-16H2,1-2H3,(H,27,32)/t18-/m0/s1. The number of aryl methyl sites for hydroxylation is 2. The van der Waals surface area contributed by atoms with Crippen LogP contribution >= 0.6 is 11.3 Å². The van der Waals surface area contributed by atoms with Crippen LogP contribution in [0.25, 0.3) is 0 Å². The smallest absolute Gasteiger partial charge is 0.274 e. The molecule has 3 amide bonds. The van der Waals surface area contributed by atoms with Crippen molar-refractivity contribution in [3.8, 4) is 0 Å². The highest BCUT2D eigenvalue weighted by Gasteiger charge is 2.34. The number of carbonyl (C=O) groups excluding carboxylic acids is 3. The Kier molecular flexibility index (Phi) is 6.42. The van der Waals surface area contributed by atoms with Gasteiger partial charge in [0.2, 0.25) is 5.91 Å². The molecule has 1 aromatic carbocycles. The maximum absolute atomic E-state index is 13.6. The summed E-state index contributed by atoms with van der Waals surface area (Å²) in [4.78, 5) is 43.7. The number of thiophene rings is 1. The van der Waals surface area contributed by atoms with E-state index in [0.29, 0.717) is 43.2 Å². The maximum Gasteiger partial charge on any atom is 0.274 e. The van der Waals surface area contributed by atoms with Crippen LogP contribution in [-0.4, -0.2) is 56.9 Å². The van der Waals surface area contributed by atoms with Gasteiger partial charge in [0, 0.05) is 50.0 Å². The van der Waals surface area contributed by atoms with Crippen molar-refractivity contribution in [3.05, 3.63) is 69.2 Å². The summed E-state index contributed by atoms with van der Waals surface area (Å²) in [6.45, 7) is 3.88. The first kappa shape index (κ1) is 23.3. The lowest BCUT2D eigenvalue weighted by atomic mass is 9.96. The highest BCUT2D eigenvalue weighted by molar-refractivity contribution is 7.12. The number of carbonyl (C=O) groups is 3. The second kappa shape index (κ2) is 9.65. The summed E-state index contributed by atoms with van der Waals surface area (Å²) in [5, 5.41) is 9.48. The number of rotatable bonds is 4. The molecule has 1 fully saturated rings. The molecule has 0 bridgehead atoms. The van der Waals surface area contributed by atoms with Crippen molar-refractivity contribution in [3.63, 3.8) is 0 Å². The lowest BCUT2D eigenvalue weighted by Crippen LogP contribution is -2.44. The fourth-order valence-corrected chi connectivity index (χ4v) is 5.66. The molecule has 0 aliphatic carbocycles. The van der Waals surface area contributed by atoms with Gasteiger partial charge in [-0.15, -0.1) is 11.3 Å². The van der Waals surface area contributed by atoms with Crippen molar-refractivity contribution < 1.29 is 14.4 Å². The molecule has 2 aromatic heterocycles. The first-order chi connectivity index (χ1) is 16.9. The van der Waals surface area contributed by atoms with Gasteiger partial charge in [0.25, 0.3) is 11.8 Å². The number of anilines is 1. The average molecular weight is 492 g/mol. The van der Waals surface area contributed by atoms with Gasteiger partial charge in [-0.1, -0.05) is 24.3 Å². The maximum atomic E-state index is 13.6. The molecule has 1 atom stereocenters. The van der Waals surface area contributed by atoms with Gasteiger partial charge in [0.05, 0.1) is 17.3 Å². The fourth-order valence-electron chi connectivity index (χ4n) is 4.97. The van der Waals surface area contributed by atoms with Gasteiger partial charge in [-0.3, -0.25) is 19.1 Å². The Balaban J connectivity index is 1.31. The van der Waals surface area contributed by atoms with Crippen LogP contribution in [0.5, 0.6) is 0 Å². The minimum atomic E-state index is -0.274. The van der Waals surface area contributed by atoms with Crippen LogP contribution in [0.1, 0.15) is 49.8 Å². The Morgan fingerprint density at radius 3 is 2.66 bits per heavy atom. The number of nitrogens with zero attached hydrogens (tertiary/aromatic N) is 4. The summed E-state index contributed by atoms with van der Waals surface area (Å²) in [5.74, 6) is -0.518. The van der Waals surface area contributed by atoms with E-state index in [9.17, 15) is 14.4 Å². The lowest BCUT2D eigenvalue weighted by molar-refractivity contribution is -0.121. The van der Waals surface area contributed by atoms with E-state index in [2.05, 4.69) is 10.4 Å². The normalized spacial score (nSPS) is 17.7. The van der Waals surface area contributed by atoms with E-state index in [4.69, 9.17) is 0 Å². The van der Waals surface area contributed by atoms with Crippen LogP contribution in [-0.2, 0) is 24.8 Å². The Morgan fingerprint density at radius 1 is 1.06 bits per heavy atom. The number of hydrogen-bond acceptors (Lipinski definition) is 5. The van der Waals surface area contributed by atoms with Crippen molar-refractivity contribution in [2.75, 3.05) is 25.0 Å². The minimum absolute atomic E-state index is 0.0150. The molecule has 0 spiro atoms. The van der Waals surface area contributed by atoms with Crippen molar-refractivity contribution in [2.24, 2.45) is 13.0 Å². The molecule has 0 unspecified atom stereocenters. The van der Waals surface area contributed by atoms with Gasteiger partial charge in [-0.25, -0.2) is 0 Å². The molecule has 1 saturated heterocycles. The third-order valence-electron chi connectivity index (χ3n) is 6.95. The van der Waals surface area contributed by atoms with Gasteiger partial charge in [0.15, 0.2) is 5.69 Å². The summed E-state index contributed by atoms with van der Waals surface area (Å²) in [6, 6.07) is 11.4. The highest BCUT2D eigenvalue weighted by atomic mass is 32.1. The molecular formula is C26H29N5O3S. The molecular weight excluding hydrogens is 462 g/mol. The van der Waals surface area contributed by atoms with Crippen LogP contribution < -0.4 is 5.32 Å². The van der Waals surface area contributed by atoms with Crippen LogP contribution in [0, 0.1) is 12.8 Å². The number of nitrogens with one attached hydrogen (secondary N) is 1. The monoisotopic (exact) mass is 491 g/mol. The Labute approximate surface area is 208 Å². The lowest BCUT2D eigenvalue weighted by Gasteiger charge is -2.32. The molecule has 2 aliphatic heterocycles. The number of likely N-dealkylation sites (tertiary alicyclic amines) is 1. The van der Waals surface area contributed by atoms with E-state index in [-0.39, 0.29) is 23.6 Å². The highest BCUT2D eigenvalue weighted by Crippen LogP contribution is 2.27. The first-order valence-electron chi connectivity index (χ1n) is 12.0. The topological polar surface area (TPSA) is 87.5 Å². The Bertz CT molecular complexity index is 1270. The third-order valence-corrected chi connectivity index (χ3v) is 7.80. The van der Waals surface area contributed by atoms with Crippen LogP contribution in [0.2, 0.25) is 0 Å². The number of fused-ring (bicyclic) bond motifs is 1. The fraction of sp³-hybridized carbons (Fsp3) is 0.385. The van der Waals surface area contributed by atoms with Crippen molar-refractivity contribution in [1.82, 2.24) is 19.6 Å². The molecule has 35 heavy (non-hydrogen) atoms. The molecule has 0 saturated carbocycles. The molecule has 3 aromatic rings. The number of benzene rings is 1. The van der Waals surface area contributed by atoms with Crippen molar-refractivity contribution in [2.45, 2.75) is 32.7 Å². The zero-order valence-electron chi connectivity index (χ0n) is 20.0. The van der Waals surface area contributed by atoms with Gasteiger partial charge in [-0.2, -0.15) is 5.10 Å². The summed E-state index contributed by atoms with van der Waals surface area (Å²) in [7, 11) is 1.85. The number of amides is 3. The van der Waals surface area contributed by atoms with Gasteiger partial charge in [0.1, 0.15) is 0 Å². The van der Waals surface area contributed by atoms with E-state index >= 15 is 0 Å². The molecule has 9 heteroatoms. The second-order valence-electron chi connectivity index (χ2n) is 9.25. The zero-order chi connectivity index (χ0) is 24.5. The van der Waals surface area contributed by atoms with E-state index in [0.717, 1.165) is 35.3 Å². The summed E-state index contributed by atoms with van der Waals surface area (Å²) in [6.07, 6.45) is 2.16.